The molecule has 1 atom stereocenters. The Kier molecular flexibility index (Phi) is 8.31. The van der Waals surface area contributed by atoms with Crippen molar-refractivity contribution in [2.75, 3.05) is 7.11 Å². The quantitative estimate of drug-likeness (QED) is 0.197. The van der Waals surface area contributed by atoms with Crippen molar-refractivity contribution < 1.29 is 9.47 Å². The summed E-state index contributed by atoms with van der Waals surface area (Å²) in [6, 6.07) is 0. The molecule has 0 spiro atoms. The van der Waals surface area contributed by atoms with Crippen LogP contribution in [-0.4, -0.2) is 19.1 Å². The molecule has 0 rings (SSSR count). The number of ether oxygens (including phenoxy) is 2. The smallest absolute Gasteiger partial charge is 0.113 e. The second kappa shape index (κ2) is 9.01. The fourth-order valence-electron chi connectivity index (χ4n) is 1.25. The summed E-state index contributed by atoms with van der Waals surface area (Å²) in [6.07, 6.45) is 6.19. The number of allylic oxidation sites excluding steroid dienone is 1. The predicted octanol–water partition coefficient (Wildman–Crippen LogP) is 3.66. The predicted molar refractivity (Wildman–Crippen MR) is 68.3 cm³/mol. The van der Waals surface area contributed by atoms with Crippen molar-refractivity contribution in [3.8, 4) is 0 Å². The van der Waals surface area contributed by atoms with E-state index in [9.17, 15) is 0 Å². The SMILES string of the molecule is C=C[C@@H](C)OC(=C)CCCCCC(=[N-])OC. The minimum absolute atomic E-state index is 0.0263. The molecule has 0 aliphatic rings. The highest BCUT2D eigenvalue weighted by Gasteiger charge is 2.00. The molecule has 0 bridgehead atoms. The van der Waals surface area contributed by atoms with Gasteiger partial charge in [0, 0.05) is 6.42 Å². The van der Waals surface area contributed by atoms with Gasteiger partial charge in [-0.15, -0.1) is 0 Å². The van der Waals surface area contributed by atoms with E-state index in [0.29, 0.717) is 6.42 Å². The normalized spacial score (nSPS) is 11.6. The lowest BCUT2D eigenvalue weighted by Crippen LogP contribution is -2.03. The molecule has 3 heteroatoms. The van der Waals surface area contributed by atoms with Crippen LogP contribution in [0.4, 0.5) is 0 Å². The first-order chi connectivity index (χ1) is 7.60. The van der Waals surface area contributed by atoms with Crippen LogP contribution in [0.5, 0.6) is 0 Å². The molecule has 0 aromatic carbocycles. The maximum absolute atomic E-state index is 9.06. The third kappa shape index (κ3) is 8.09. The van der Waals surface area contributed by atoms with E-state index in [-0.39, 0.29) is 12.0 Å². The molecule has 0 saturated carbocycles. The molecule has 3 nitrogen and oxygen atoms in total. The van der Waals surface area contributed by atoms with Gasteiger partial charge in [0.2, 0.25) is 0 Å². The molecule has 92 valence electrons. The molecular weight excluding hydrogens is 202 g/mol. The summed E-state index contributed by atoms with van der Waals surface area (Å²) in [5.41, 5.74) is 0. The first-order valence-corrected chi connectivity index (χ1v) is 5.66. The summed E-state index contributed by atoms with van der Waals surface area (Å²) in [5.74, 6) is 0.905. The van der Waals surface area contributed by atoms with Crippen molar-refractivity contribution in [2.24, 2.45) is 0 Å². The zero-order valence-electron chi connectivity index (χ0n) is 10.4. The van der Waals surface area contributed by atoms with Crippen molar-refractivity contribution in [1.82, 2.24) is 0 Å². The molecule has 0 aliphatic carbocycles. The number of nitrogens with zero attached hydrogens (tertiary/aromatic N) is 1. The Labute approximate surface area is 98.7 Å². The summed E-state index contributed by atoms with van der Waals surface area (Å²) >= 11 is 0. The second-order valence-electron chi connectivity index (χ2n) is 3.76. The fourth-order valence-corrected chi connectivity index (χ4v) is 1.25. The first-order valence-electron chi connectivity index (χ1n) is 5.66. The lowest BCUT2D eigenvalue weighted by molar-refractivity contribution is 0.161. The zero-order valence-corrected chi connectivity index (χ0v) is 10.4. The van der Waals surface area contributed by atoms with Crippen LogP contribution in [0.15, 0.2) is 25.0 Å². The molecule has 16 heavy (non-hydrogen) atoms. The summed E-state index contributed by atoms with van der Waals surface area (Å²) in [4.78, 5) is 0. The zero-order chi connectivity index (χ0) is 12.4. The lowest BCUT2D eigenvalue weighted by atomic mass is 10.1. The average Bonchev–Trinajstić information content (AvgIpc) is 2.27. The molecule has 0 fully saturated rings. The van der Waals surface area contributed by atoms with Crippen molar-refractivity contribution in [3.05, 3.63) is 30.4 Å². The van der Waals surface area contributed by atoms with E-state index in [0.717, 1.165) is 31.4 Å². The van der Waals surface area contributed by atoms with E-state index in [1.807, 2.05) is 6.92 Å². The molecule has 0 aromatic heterocycles. The third-order valence-corrected chi connectivity index (χ3v) is 2.27. The highest BCUT2D eigenvalue weighted by Crippen LogP contribution is 2.12. The van der Waals surface area contributed by atoms with E-state index in [1.165, 1.54) is 7.11 Å². The van der Waals surface area contributed by atoms with Crippen LogP contribution < -0.4 is 0 Å². The Bertz CT molecular complexity index is 236. The van der Waals surface area contributed by atoms with Crippen LogP contribution in [0.25, 0.3) is 5.41 Å². The van der Waals surface area contributed by atoms with Crippen molar-refractivity contribution in [1.29, 1.82) is 0 Å². The number of hydrogen-bond donors (Lipinski definition) is 0. The van der Waals surface area contributed by atoms with Crippen LogP contribution in [0.1, 0.15) is 39.0 Å². The van der Waals surface area contributed by atoms with Gasteiger partial charge in [-0.3, -0.25) is 0 Å². The first kappa shape index (κ1) is 14.8. The van der Waals surface area contributed by atoms with Crippen molar-refractivity contribution in [3.63, 3.8) is 0 Å². The summed E-state index contributed by atoms with van der Waals surface area (Å²) < 4.78 is 10.1. The number of unbranched alkanes of at least 4 members (excludes halogenated alkanes) is 2. The Morgan fingerprint density at radius 3 is 2.50 bits per heavy atom. The minimum atomic E-state index is 0.0263. The van der Waals surface area contributed by atoms with E-state index in [1.54, 1.807) is 6.08 Å². The lowest BCUT2D eigenvalue weighted by Gasteiger charge is -2.13. The van der Waals surface area contributed by atoms with Gasteiger partial charge >= 0.3 is 0 Å². The number of hydrogen-bond acceptors (Lipinski definition) is 2. The van der Waals surface area contributed by atoms with Crippen molar-refractivity contribution in [2.45, 2.75) is 45.1 Å². The maximum Gasteiger partial charge on any atom is 0.113 e. The van der Waals surface area contributed by atoms with Crippen LogP contribution in [0.3, 0.4) is 0 Å². The highest BCUT2D eigenvalue weighted by molar-refractivity contribution is 5.78. The van der Waals surface area contributed by atoms with Crippen LogP contribution in [-0.2, 0) is 9.47 Å². The largest absolute Gasteiger partial charge is 0.775 e. The van der Waals surface area contributed by atoms with Gasteiger partial charge in [-0.05, 0) is 32.1 Å². The highest BCUT2D eigenvalue weighted by atomic mass is 16.5. The standard InChI is InChI=1S/C13H22NO2/c1-5-11(2)16-12(3)9-7-6-8-10-13(14)15-4/h5,11H,1,3,6-10H2,2,4H3/q-1/t11-/m1/s1. The molecule has 0 aliphatic heterocycles. The second-order valence-corrected chi connectivity index (χ2v) is 3.76. The molecule has 0 amide bonds. The van der Waals surface area contributed by atoms with Gasteiger partial charge in [0.15, 0.2) is 0 Å². The monoisotopic (exact) mass is 224 g/mol. The Balaban J connectivity index is 3.41. The fraction of sp³-hybridized carbons (Fsp3) is 0.615. The van der Waals surface area contributed by atoms with E-state index < -0.39 is 0 Å². The molecular formula is C13H22NO2-. The van der Waals surface area contributed by atoms with E-state index in [4.69, 9.17) is 10.1 Å². The van der Waals surface area contributed by atoms with E-state index >= 15 is 0 Å². The Morgan fingerprint density at radius 1 is 1.31 bits per heavy atom. The van der Waals surface area contributed by atoms with Crippen LogP contribution in [0, 0.1) is 0 Å². The van der Waals surface area contributed by atoms with Gasteiger partial charge in [0.25, 0.3) is 0 Å². The molecule has 0 aromatic rings. The summed E-state index contributed by atoms with van der Waals surface area (Å²) in [5, 5.41) is 9.06. The number of methoxy groups -OCH3 is 1. The maximum atomic E-state index is 9.06. The van der Waals surface area contributed by atoms with Gasteiger partial charge in [-0.25, -0.2) is 0 Å². The molecule has 0 saturated heterocycles. The minimum Gasteiger partial charge on any atom is -0.775 e. The van der Waals surface area contributed by atoms with Crippen LogP contribution in [0.2, 0.25) is 0 Å². The van der Waals surface area contributed by atoms with Gasteiger partial charge < -0.3 is 14.9 Å². The summed E-state index contributed by atoms with van der Waals surface area (Å²) in [7, 11) is 1.47. The van der Waals surface area contributed by atoms with E-state index in [2.05, 4.69) is 17.9 Å². The number of rotatable bonds is 9. The van der Waals surface area contributed by atoms with Gasteiger partial charge in [0.1, 0.15) is 6.10 Å². The van der Waals surface area contributed by atoms with Gasteiger partial charge in [-0.1, -0.05) is 25.7 Å². The van der Waals surface area contributed by atoms with Gasteiger partial charge in [-0.2, -0.15) is 0 Å². The Hall–Kier alpha value is -1.25. The van der Waals surface area contributed by atoms with Gasteiger partial charge in [0.05, 0.1) is 12.9 Å². The van der Waals surface area contributed by atoms with Crippen molar-refractivity contribution >= 4 is 5.90 Å². The molecule has 0 N–H and O–H groups in total. The molecule has 0 unspecified atom stereocenters. The topological polar surface area (TPSA) is 40.8 Å². The third-order valence-electron chi connectivity index (χ3n) is 2.27. The summed E-state index contributed by atoms with van der Waals surface area (Å²) in [6.45, 7) is 9.42. The molecule has 0 radical (unpaired) electrons. The Morgan fingerprint density at radius 2 is 1.94 bits per heavy atom. The average molecular weight is 224 g/mol. The van der Waals surface area contributed by atoms with Crippen LogP contribution >= 0.6 is 0 Å². The molecule has 0 heterocycles.